The molecule has 130 valence electrons. The lowest BCUT2D eigenvalue weighted by atomic mass is 10.0. The van der Waals surface area contributed by atoms with E-state index in [4.69, 9.17) is 11.6 Å². The van der Waals surface area contributed by atoms with Crippen molar-refractivity contribution in [3.8, 4) is 0 Å². The Kier molecular flexibility index (Phi) is 5.29. The summed E-state index contributed by atoms with van der Waals surface area (Å²) >= 11 is 5.88. The largest absolute Gasteiger partial charge is 0.342 e. The predicted octanol–water partition coefficient (Wildman–Crippen LogP) is 2.63. The molecule has 2 fully saturated rings. The highest BCUT2D eigenvalue weighted by Crippen LogP contribution is 2.22. The van der Waals surface area contributed by atoms with Gasteiger partial charge in [0.2, 0.25) is 5.91 Å². The number of hydrogen-bond donors (Lipinski definition) is 0. The number of likely N-dealkylation sites (N-methyl/N-ethyl adjacent to an activating group) is 1. The van der Waals surface area contributed by atoms with Crippen molar-refractivity contribution in [1.82, 2.24) is 14.7 Å². The summed E-state index contributed by atoms with van der Waals surface area (Å²) in [6, 6.07) is 7.85. The first-order chi connectivity index (χ1) is 11.6. The first-order valence-corrected chi connectivity index (χ1v) is 9.04. The molecule has 0 N–H and O–H groups in total. The third-order valence-electron chi connectivity index (χ3n) is 5.04. The smallest absolute Gasteiger partial charge is 0.320 e. The number of piperidine rings is 1. The summed E-state index contributed by atoms with van der Waals surface area (Å²) < 4.78 is 0. The number of carbonyl (C=O) groups excluding carboxylic acids is 2. The van der Waals surface area contributed by atoms with Crippen LogP contribution in [0.15, 0.2) is 24.3 Å². The summed E-state index contributed by atoms with van der Waals surface area (Å²) in [6.45, 7) is 5.88. The van der Waals surface area contributed by atoms with Crippen molar-refractivity contribution in [1.29, 1.82) is 0 Å². The maximum Gasteiger partial charge on any atom is 0.320 e. The molecule has 0 saturated carbocycles. The maximum atomic E-state index is 12.4. The molecule has 2 saturated heterocycles. The van der Waals surface area contributed by atoms with Crippen LogP contribution in [0.3, 0.4) is 0 Å². The standard InChI is InChI=1S/C18H24ClN3O2/c1-2-20-11-12-22(18(20)24)16-7-9-21(10-8-16)17(23)13-14-3-5-15(19)6-4-14/h3-6,16H,2,7-13H2,1H3. The van der Waals surface area contributed by atoms with Crippen molar-refractivity contribution in [2.75, 3.05) is 32.7 Å². The SMILES string of the molecule is CCN1CCN(C2CCN(C(=O)Cc3ccc(Cl)cc3)CC2)C1=O. The average Bonchev–Trinajstić information content (AvgIpc) is 2.97. The highest BCUT2D eigenvalue weighted by molar-refractivity contribution is 6.30. The molecule has 0 aromatic heterocycles. The second-order valence-corrected chi connectivity index (χ2v) is 6.91. The molecule has 24 heavy (non-hydrogen) atoms. The summed E-state index contributed by atoms with van der Waals surface area (Å²) in [5.74, 6) is 0.152. The molecule has 6 heteroatoms. The highest BCUT2D eigenvalue weighted by Gasteiger charge is 2.35. The highest BCUT2D eigenvalue weighted by atomic mass is 35.5. The quantitative estimate of drug-likeness (QED) is 0.838. The Morgan fingerprint density at radius 2 is 1.79 bits per heavy atom. The lowest BCUT2D eigenvalue weighted by molar-refractivity contribution is -0.131. The van der Waals surface area contributed by atoms with Gasteiger partial charge in [-0.3, -0.25) is 4.79 Å². The van der Waals surface area contributed by atoms with Gasteiger partial charge < -0.3 is 14.7 Å². The Hall–Kier alpha value is -1.75. The Bertz CT molecular complexity index is 597. The Morgan fingerprint density at radius 3 is 2.38 bits per heavy atom. The van der Waals surface area contributed by atoms with Gasteiger partial charge in [-0.2, -0.15) is 0 Å². The summed E-state index contributed by atoms with van der Waals surface area (Å²) in [4.78, 5) is 30.5. The molecular formula is C18H24ClN3O2. The van der Waals surface area contributed by atoms with Gasteiger partial charge >= 0.3 is 6.03 Å². The minimum Gasteiger partial charge on any atom is -0.342 e. The van der Waals surface area contributed by atoms with Crippen molar-refractivity contribution >= 4 is 23.5 Å². The zero-order chi connectivity index (χ0) is 17.1. The van der Waals surface area contributed by atoms with Gasteiger partial charge in [0.1, 0.15) is 0 Å². The maximum absolute atomic E-state index is 12.4. The molecular weight excluding hydrogens is 326 g/mol. The van der Waals surface area contributed by atoms with E-state index in [1.165, 1.54) is 0 Å². The van der Waals surface area contributed by atoms with E-state index in [1.54, 1.807) is 0 Å². The van der Waals surface area contributed by atoms with Crippen LogP contribution in [0.5, 0.6) is 0 Å². The van der Waals surface area contributed by atoms with Crippen LogP contribution in [0.1, 0.15) is 25.3 Å². The van der Waals surface area contributed by atoms with E-state index >= 15 is 0 Å². The molecule has 3 rings (SSSR count). The van der Waals surface area contributed by atoms with E-state index in [1.807, 2.05) is 45.9 Å². The number of benzene rings is 1. The van der Waals surface area contributed by atoms with Crippen molar-refractivity contribution in [2.24, 2.45) is 0 Å². The van der Waals surface area contributed by atoms with Crippen molar-refractivity contribution < 1.29 is 9.59 Å². The summed E-state index contributed by atoms with van der Waals surface area (Å²) in [6.07, 6.45) is 2.15. The topological polar surface area (TPSA) is 43.9 Å². The van der Waals surface area contributed by atoms with Crippen LogP contribution in [0.2, 0.25) is 5.02 Å². The minimum atomic E-state index is 0.152. The molecule has 0 spiro atoms. The molecule has 0 atom stereocenters. The van der Waals surface area contributed by atoms with E-state index < -0.39 is 0 Å². The number of hydrogen-bond acceptors (Lipinski definition) is 2. The van der Waals surface area contributed by atoms with E-state index in [9.17, 15) is 9.59 Å². The van der Waals surface area contributed by atoms with Crippen molar-refractivity contribution in [3.05, 3.63) is 34.9 Å². The number of amides is 3. The van der Waals surface area contributed by atoms with Gasteiger partial charge in [-0.05, 0) is 37.5 Å². The summed E-state index contributed by atoms with van der Waals surface area (Å²) in [5, 5.41) is 0.684. The third kappa shape index (κ3) is 3.66. The molecule has 1 aromatic carbocycles. The zero-order valence-corrected chi connectivity index (χ0v) is 14.8. The van der Waals surface area contributed by atoms with Crippen molar-refractivity contribution in [2.45, 2.75) is 32.2 Å². The van der Waals surface area contributed by atoms with Gasteiger partial charge in [-0.25, -0.2) is 4.79 Å². The number of halogens is 1. The second-order valence-electron chi connectivity index (χ2n) is 6.47. The second kappa shape index (κ2) is 7.43. The number of nitrogens with zero attached hydrogens (tertiary/aromatic N) is 3. The third-order valence-corrected chi connectivity index (χ3v) is 5.29. The van der Waals surface area contributed by atoms with Crippen LogP contribution in [-0.4, -0.2) is 65.4 Å². The summed E-state index contributed by atoms with van der Waals surface area (Å²) in [7, 11) is 0. The van der Waals surface area contributed by atoms with Crippen LogP contribution < -0.4 is 0 Å². The molecule has 2 heterocycles. The van der Waals surface area contributed by atoms with Gasteiger partial charge in [-0.1, -0.05) is 23.7 Å². The summed E-state index contributed by atoms with van der Waals surface area (Å²) in [5.41, 5.74) is 0.986. The minimum absolute atomic E-state index is 0.152. The molecule has 3 amide bonds. The van der Waals surface area contributed by atoms with E-state index in [-0.39, 0.29) is 18.0 Å². The van der Waals surface area contributed by atoms with Gasteiger partial charge in [-0.15, -0.1) is 0 Å². The van der Waals surface area contributed by atoms with Gasteiger partial charge in [0, 0.05) is 43.8 Å². The van der Waals surface area contributed by atoms with Crippen LogP contribution in [-0.2, 0) is 11.2 Å². The Labute approximate surface area is 148 Å². The monoisotopic (exact) mass is 349 g/mol. The zero-order valence-electron chi connectivity index (χ0n) is 14.1. The number of likely N-dealkylation sites (tertiary alicyclic amines) is 1. The first-order valence-electron chi connectivity index (χ1n) is 8.66. The lowest BCUT2D eigenvalue weighted by Crippen LogP contribution is -2.48. The molecule has 0 aliphatic carbocycles. The fraction of sp³-hybridized carbons (Fsp3) is 0.556. The van der Waals surface area contributed by atoms with Crippen LogP contribution in [0, 0.1) is 0 Å². The number of carbonyl (C=O) groups is 2. The molecule has 1 aromatic rings. The fourth-order valence-electron chi connectivity index (χ4n) is 3.55. The average molecular weight is 350 g/mol. The number of urea groups is 1. The fourth-order valence-corrected chi connectivity index (χ4v) is 3.68. The molecule has 0 radical (unpaired) electrons. The molecule has 0 bridgehead atoms. The van der Waals surface area contributed by atoms with Gasteiger partial charge in [0.25, 0.3) is 0 Å². The van der Waals surface area contributed by atoms with Gasteiger partial charge in [0.15, 0.2) is 0 Å². The van der Waals surface area contributed by atoms with E-state index in [0.29, 0.717) is 11.4 Å². The Balaban J connectivity index is 1.50. The molecule has 5 nitrogen and oxygen atoms in total. The van der Waals surface area contributed by atoms with E-state index in [0.717, 1.165) is 51.1 Å². The van der Waals surface area contributed by atoms with Crippen LogP contribution in [0.25, 0.3) is 0 Å². The first kappa shape index (κ1) is 17.1. The van der Waals surface area contributed by atoms with Crippen LogP contribution >= 0.6 is 11.6 Å². The number of rotatable bonds is 4. The molecule has 2 aliphatic heterocycles. The van der Waals surface area contributed by atoms with Gasteiger partial charge in [0.05, 0.1) is 6.42 Å². The van der Waals surface area contributed by atoms with Crippen molar-refractivity contribution in [3.63, 3.8) is 0 Å². The van der Waals surface area contributed by atoms with Crippen LogP contribution in [0.4, 0.5) is 4.79 Å². The normalized spacial score (nSPS) is 19.2. The predicted molar refractivity (Wildman–Crippen MR) is 94.1 cm³/mol. The molecule has 0 unspecified atom stereocenters. The van der Waals surface area contributed by atoms with E-state index in [2.05, 4.69) is 0 Å². The Morgan fingerprint density at radius 1 is 1.12 bits per heavy atom. The molecule has 2 aliphatic rings. The lowest BCUT2D eigenvalue weighted by Gasteiger charge is -2.36.